The second-order valence-electron chi connectivity index (χ2n) is 4.54. The van der Waals surface area contributed by atoms with E-state index in [-0.39, 0.29) is 18.7 Å². The number of methoxy groups -OCH3 is 1. The van der Waals surface area contributed by atoms with Crippen molar-refractivity contribution in [1.29, 1.82) is 0 Å². The highest BCUT2D eigenvalue weighted by Gasteiger charge is 2.11. The van der Waals surface area contributed by atoms with Crippen LogP contribution in [0.25, 0.3) is 0 Å². The van der Waals surface area contributed by atoms with Gasteiger partial charge in [0.1, 0.15) is 0 Å². The number of aliphatic hydroxyl groups is 1. The molecule has 0 saturated carbocycles. The minimum absolute atomic E-state index is 0.106. The Morgan fingerprint density at radius 2 is 2.25 bits per heavy atom. The van der Waals surface area contributed by atoms with Crippen LogP contribution in [0.2, 0.25) is 0 Å². The molecule has 0 aliphatic rings. The number of nitrogens with one attached hydrogen (secondary N) is 2. The summed E-state index contributed by atoms with van der Waals surface area (Å²) in [6, 6.07) is 5.31. The van der Waals surface area contributed by atoms with Crippen molar-refractivity contribution in [2.45, 2.75) is 25.9 Å². The second kappa shape index (κ2) is 8.94. The smallest absolute Gasteiger partial charge is 0.315 e. The van der Waals surface area contributed by atoms with E-state index in [4.69, 9.17) is 9.84 Å². The van der Waals surface area contributed by atoms with E-state index in [1.165, 1.54) is 0 Å². The number of urea groups is 1. The van der Waals surface area contributed by atoms with Crippen LogP contribution >= 0.6 is 15.9 Å². The van der Waals surface area contributed by atoms with Gasteiger partial charge in [0.15, 0.2) is 0 Å². The summed E-state index contributed by atoms with van der Waals surface area (Å²) < 4.78 is 5.92. The van der Waals surface area contributed by atoms with Crippen LogP contribution in [-0.4, -0.2) is 37.5 Å². The van der Waals surface area contributed by atoms with Crippen LogP contribution in [-0.2, 0) is 11.3 Å². The minimum atomic E-state index is -0.298. The third-order valence-corrected chi connectivity index (χ3v) is 4.07. The topological polar surface area (TPSA) is 70.6 Å². The summed E-state index contributed by atoms with van der Waals surface area (Å²) in [5.41, 5.74) is 2.13. The van der Waals surface area contributed by atoms with Crippen LogP contribution in [0.15, 0.2) is 22.7 Å². The van der Waals surface area contributed by atoms with Crippen molar-refractivity contribution in [2.24, 2.45) is 0 Å². The zero-order chi connectivity index (χ0) is 15.0. The van der Waals surface area contributed by atoms with Crippen LogP contribution in [0, 0.1) is 6.92 Å². The lowest BCUT2D eigenvalue weighted by Crippen LogP contribution is -2.44. The summed E-state index contributed by atoms with van der Waals surface area (Å²) in [5.74, 6) is 0. The first-order chi connectivity index (χ1) is 9.58. The zero-order valence-electron chi connectivity index (χ0n) is 11.8. The Kier molecular flexibility index (Phi) is 7.58. The van der Waals surface area contributed by atoms with Gasteiger partial charge >= 0.3 is 6.03 Å². The number of rotatable bonds is 7. The number of carbonyl (C=O) groups is 1. The van der Waals surface area contributed by atoms with E-state index in [0.29, 0.717) is 19.6 Å². The summed E-state index contributed by atoms with van der Waals surface area (Å²) in [5, 5.41) is 14.6. The first kappa shape index (κ1) is 16.9. The van der Waals surface area contributed by atoms with E-state index in [0.717, 1.165) is 15.6 Å². The maximum Gasteiger partial charge on any atom is 0.315 e. The summed E-state index contributed by atoms with van der Waals surface area (Å²) in [4.78, 5) is 11.8. The van der Waals surface area contributed by atoms with Crippen LogP contribution in [0.4, 0.5) is 4.79 Å². The molecule has 20 heavy (non-hydrogen) atoms. The van der Waals surface area contributed by atoms with Crippen LogP contribution in [0.5, 0.6) is 0 Å². The number of aliphatic hydroxyl groups excluding tert-OH is 1. The molecule has 0 aliphatic carbocycles. The molecule has 0 fully saturated rings. The Labute approximate surface area is 127 Å². The van der Waals surface area contributed by atoms with E-state index in [1.807, 2.05) is 25.1 Å². The third kappa shape index (κ3) is 5.48. The average Bonchev–Trinajstić information content (AvgIpc) is 2.45. The standard InChI is InChI=1S/C14H21BrN2O3/c1-10-4-3-5-11(13(10)15)8-16-14(19)17-12(9-18)6-7-20-2/h3-5,12,18H,6-9H2,1-2H3,(H2,16,17,19)/t12-/m0/s1. The lowest BCUT2D eigenvalue weighted by atomic mass is 10.1. The SMILES string of the molecule is COCC[C@@H](CO)NC(=O)NCc1cccc(C)c1Br. The normalized spacial score (nSPS) is 12.0. The van der Waals surface area contributed by atoms with E-state index in [9.17, 15) is 4.79 Å². The largest absolute Gasteiger partial charge is 0.394 e. The molecule has 0 bridgehead atoms. The molecule has 0 heterocycles. The highest BCUT2D eigenvalue weighted by Crippen LogP contribution is 2.20. The van der Waals surface area contributed by atoms with Crippen molar-refractivity contribution in [1.82, 2.24) is 10.6 Å². The van der Waals surface area contributed by atoms with Crippen molar-refractivity contribution in [3.05, 3.63) is 33.8 Å². The maximum atomic E-state index is 11.8. The molecule has 0 aromatic heterocycles. The van der Waals surface area contributed by atoms with Gasteiger partial charge in [-0.3, -0.25) is 0 Å². The lowest BCUT2D eigenvalue weighted by molar-refractivity contribution is 0.159. The van der Waals surface area contributed by atoms with E-state index >= 15 is 0 Å². The van der Waals surface area contributed by atoms with Crippen molar-refractivity contribution < 1.29 is 14.6 Å². The molecule has 0 aliphatic heterocycles. The Balaban J connectivity index is 2.44. The number of hydrogen-bond acceptors (Lipinski definition) is 3. The van der Waals surface area contributed by atoms with Gasteiger partial charge in [-0.05, 0) is 24.5 Å². The molecule has 2 amide bonds. The van der Waals surface area contributed by atoms with E-state index in [2.05, 4.69) is 26.6 Å². The van der Waals surface area contributed by atoms with Crippen LogP contribution in [0.1, 0.15) is 17.5 Å². The van der Waals surface area contributed by atoms with E-state index in [1.54, 1.807) is 7.11 Å². The van der Waals surface area contributed by atoms with Crippen LogP contribution < -0.4 is 10.6 Å². The Hall–Kier alpha value is -1.11. The van der Waals surface area contributed by atoms with Gasteiger partial charge in [-0.1, -0.05) is 34.1 Å². The fraction of sp³-hybridized carbons (Fsp3) is 0.500. The van der Waals surface area contributed by atoms with Gasteiger partial charge in [-0.25, -0.2) is 4.79 Å². The number of hydrogen-bond donors (Lipinski definition) is 3. The van der Waals surface area contributed by atoms with Gasteiger partial charge in [0.2, 0.25) is 0 Å². The van der Waals surface area contributed by atoms with Crippen molar-refractivity contribution >= 4 is 22.0 Å². The highest BCUT2D eigenvalue weighted by molar-refractivity contribution is 9.10. The molecular formula is C14H21BrN2O3. The first-order valence-electron chi connectivity index (χ1n) is 6.46. The molecule has 1 aromatic carbocycles. The monoisotopic (exact) mass is 344 g/mol. The van der Waals surface area contributed by atoms with Crippen LogP contribution in [0.3, 0.4) is 0 Å². The van der Waals surface area contributed by atoms with Gasteiger partial charge < -0.3 is 20.5 Å². The Morgan fingerprint density at radius 3 is 2.90 bits per heavy atom. The fourth-order valence-corrected chi connectivity index (χ4v) is 2.13. The number of ether oxygens (including phenoxy) is 1. The molecule has 5 nitrogen and oxygen atoms in total. The molecule has 0 saturated heterocycles. The minimum Gasteiger partial charge on any atom is -0.394 e. The predicted octanol–water partition coefficient (Wildman–Crippen LogP) is 1.95. The molecule has 0 unspecified atom stereocenters. The van der Waals surface area contributed by atoms with Gasteiger partial charge in [-0.15, -0.1) is 0 Å². The average molecular weight is 345 g/mol. The number of amides is 2. The predicted molar refractivity (Wildman–Crippen MR) is 81.6 cm³/mol. The van der Waals surface area contributed by atoms with E-state index < -0.39 is 0 Å². The summed E-state index contributed by atoms with van der Waals surface area (Å²) >= 11 is 3.50. The number of halogens is 1. The second-order valence-corrected chi connectivity index (χ2v) is 5.33. The molecule has 1 rings (SSSR count). The van der Waals surface area contributed by atoms with Gasteiger partial charge in [0.25, 0.3) is 0 Å². The molecule has 3 N–H and O–H groups in total. The maximum absolute atomic E-state index is 11.8. The number of aryl methyl sites for hydroxylation is 1. The molecule has 6 heteroatoms. The van der Waals surface area contributed by atoms with Gasteiger partial charge in [-0.2, -0.15) is 0 Å². The summed E-state index contributed by atoms with van der Waals surface area (Å²) in [7, 11) is 1.59. The lowest BCUT2D eigenvalue weighted by Gasteiger charge is -2.16. The molecule has 1 atom stereocenters. The summed E-state index contributed by atoms with van der Waals surface area (Å²) in [6.45, 7) is 2.82. The zero-order valence-corrected chi connectivity index (χ0v) is 13.4. The van der Waals surface area contributed by atoms with Gasteiger partial charge in [0.05, 0.1) is 12.6 Å². The van der Waals surface area contributed by atoms with Crippen molar-refractivity contribution in [2.75, 3.05) is 20.3 Å². The van der Waals surface area contributed by atoms with Crippen molar-refractivity contribution in [3.63, 3.8) is 0 Å². The molecule has 1 aromatic rings. The number of benzene rings is 1. The Morgan fingerprint density at radius 1 is 1.50 bits per heavy atom. The molecule has 112 valence electrons. The first-order valence-corrected chi connectivity index (χ1v) is 7.26. The van der Waals surface area contributed by atoms with Crippen molar-refractivity contribution in [3.8, 4) is 0 Å². The summed E-state index contributed by atoms with van der Waals surface area (Å²) in [6.07, 6.45) is 0.578. The fourth-order valence-electron chi connectivity index (χ4n) is 1.73. The molecule has 0 spiro atoms. The van der Waals surface area contributed by atoms with Gasteiger partial charge in [0, 0.05) is 24.7 Å². The number of carbonyl (C=O) groups excluding carboxylic acids is 1. The molecule has 0 radical (unpaired) electrons. The highest BCUT2D eigenvalue weighted by atomic mass is 79.9. The third-order valence-electron chi connectivity index (χ3n) is 2.94. The Bertz CT molecular complexity index is 440. The molecular weight excluding hydrogens is 324 g/mol. The quantitative estimate of drug-likeness (QED) is 0.708.